The second-order valence-electron chi connectivity index (χ2n) is 5.04. The number of rotatable bonds is 5. The van der Waals surface area contributed by atoms with Crippen molar-refractivity contribution < 1.29 is 8.42 Å². The van der Waals surface area contributed by atoms with Gasteiger partial charge in [0.25, 0.3) is 0 Å². The van der Waals surface area contributed by atoms with Crippen LogP contribution in [0.3, 0.4) is 0 Å². The molecule has 0 N–H and O–H groups in total. The molecule has 0 aliphatic carbocycles. The average molecular weight is 337 g/mol. The number of halogens is 1. The average Bonchev–Trinajstić information content (AvgIpc) is 2.95. The van der Waals surface area contributed by atoms with E-state index in [1.807, 2.05) is 0 Å². The molecule has 4 nitrogen and oxygen atoms in total. The van der Waals surface area contributed by atoms with Crippen molar-refractivity contribution in [1.29, 1.82) is 0 Å². The van der Waals surface area contributed by atoms with E-state index in [4.69, 9.17) is 11.6 Å². The van der Waals surface area contributed by atoms with E-state index in [0.29, 0.717) is 24.0 Å². The van der Waals surface area contributed by atoms with Gasteiger partial charge in [0.1, 0.15) is 0 Å². The number of hydrogen-bond acceptors (Lipinski definition) is 4. The third-order valence-corrected chi connectivity index (χ3v) is 7.39. The van der Waals surface area contributed by atoms with E-state index in [0.717, 1.165) is 24.4 Å². The van der Waals surface area contributed by atoms with Crippen molar-refractivity contribution >= 4 is 33.0 Å². The van der Waals surface area contributed by atoms with E-state index in [9.17, 15) is 8.42 Å². The van der Waals surface area contributed by atoms with E-state index in [2.05, 4.69) is 18.7 Å². The van der Waals surface area contributed by atoms with E-state index in [1.165, 1.54) is 11.3 Å². The van der Waals surface area contributed by atoms with Crippen molar-refractivity contribution in [3.8, 4) is 0 Å². The summed E-state index contributed by atoms with van der Waals surface area (Å²) < 4.78 is 26.8. The Labute approximate surface area is 130 Å². The Balaban J connectivity index is 2.10. The van der Waals surface area contributed by atoms with Crippen LogP contribution in [0, 0.1) is 0 Å². The molecular formula is C13H21ClN2O2S2. The molecule has 0 saturated carbocycles. The highest BCUT2D eigenvalue weighted by molar-refractivity contribution is 7.89. The van der Waals surface area contributed by atoms with Crippen LogP contribution in [-0.4, -0.2) is 49.8 Å². The summed E-state index contributed by atoms with van der Waals surface area (Å²) in [4.78, 5) is 3.47. The smallest absolute Gasteiger partial charge is 0.244 e. The maximum Gasteiger partial charge on any atom is 0.244 e. The van der Waals surface area contributed by atoms with Crippen molar-refractivity contribution in [1.82, 2.24) is 9.21 Å². The molecule has 114 valence electrons. The van der Waals surface area contributed by atoms with Gasteiger partial charge in [0.05, 0.1) is 10.8 Å². The lowest BCUT2D eigenvalue weighted by atomic mass is 10.2. The molecule has 1 atom stereocenters. The second-order valence-corrected chi connectivity index (χ2v) is 8.21. The van der Waals surface area contributed by atoms with Gasteiger partial charge in [-0.3, -0.25) is 4.90 Å². The molecule has 1 aliphatic heterocycles. The Morgan fingerprint density at radius 3 is 2.55 bits per heavy atom. The Kier molecular flexibility index (Phi) is 5.48. The van der Waals surface area contributed by atoms with E-state index >= 15 is 0 Å². The Morgan fingerprint density at radius 1 is 1.35 bits per heavy atom. The largest absolute Gasteiger partial charge is 0.298 e. The number of piperazine rings is 1. The summed E-state index contributed by atoms with van der Waals surface area (Å²) >= 11 is 7.22. The molecular weight excluding hydrogens is 316 g/mol. The van der Waals surface area contributed by atoms with Gasteiger partial charge in [-0.05, 0) is 24.8 Å². The highest BCUT2D eigenvalue weighted by Crippen LogP contribution is 2.27. The number of sulfonamides is 1. The molecule has 1 fully saturated rings. The van der Waals surface area contributed by atoms with E-state index in [1.54, 1.807) is 15.8 Å². The highest BCUT2D eigenvalue weighted by atomic mass is 35.5. The number of hydrogen-bond donors (Lipinski definition) is 0. The Morgan fingerprint density at radius 2 is 2.00 bits per heavy atom. The van der Waals surface area contributed by atoms with E-state index < -0.39 is 10.0 Å². The molecule has 0 radical (unpaired) electrons. The molecule has 0 bridgehead atoms. The first-order chi connectivity index (χ1) is 9.50. The predicted octanol–water partition coefficient (Wildman–Crippen LogP) is 2.59. The van der Waals surface area contributed by atoms with Gasteiger partial charge in [-0.25, -0.2) is 8.42 Å². The molecule has 7 heteroatoms. The predicted molar refractivity (Wildman–Crippen MR) is 84.0 cm³/mol. The summed E-state index contributed by atoms with van der Waals surface area (Å²) in [7, 11) is -3.38. The summed E-state index contributed by atoms with van der Waals surface area (Å²) in [5.74, 6) is 0.249. The number of nitrogens with zero attached hydrogens (tertiary/aromatic N) is 2. The summed E-state index contributed by atoms with van der Waals surface area (Å²) in [5.41, 5.74) is 0. The minimum atomic E-state index is -3.38. The van der Waals surface area contributed by atoms with Crippen LogP contribution in [0.25, 0.3) is 0 Å². The Hall–Kier alpha value is -0.140. The van der Waals surface area contributed by atoms with Gasteiger partial charge >= 0.3 is 0 Å². The lowest BCUT2D eigenvalue weighted by Crippen LogP contribution is -2.51. The van der Waals surface area contributed by atoms with E-state index in [-0.39, 0.29) is 5.88 Å². The topological polar surface area (TPSA) is 40.6 Å². The normalized spacial score (nSPS) is 20.1. The first-order valence-electron chi connectivity index (χ1n) is 6.87. The lowest BCUT2D eigenvalue weighted by Gasteiger charge is -2.37. The SMILES string of the molecule is CCC(C)N1CCN(S(=O)(=O)c2ccsc2CCl)CC1. The molecule has 1 aliphatic rings. The maximum atomic E-state index is 12.6. The molecule has 2 rings (SSSR count). The quantitative estimate of drug-likeness (QED) is 0.776. The molecule has 1 aromatic rings. The van der Waals surface area contributed by atoms with Gasteiger partial charge in [0.2, 0.25) is 10.0 Å². The first-order valence-corrected chi connectivity index (χ1v) is 9.72. The van der Waals surface area contributed by atoms with Crippen molar-refractivity contribution in [2.45, 2.75) is 37.1 Å². The minimum absolute atomic E-state index is 0.249. The molecule has 0 spiro atoms. The van der Waals surface area contributed by atoms with Crippen LogP contribution in [0.5, 0.6) is 0 Å². The van der Waals surface area contributed by atoms with Gasteiger partial charge in [-0.1, -0.05) is 6.92 Å². The molecule has 1 aromatic heterocycles. The van der Waals surface area contributed by atoms with Gasteiger partial charge in [0.15, 0.2) is 0 Å². The van der Waals surface area contributed by atoms with Gasteiger partial charge < -0.3 is 0 Å². The zero-order valence-electron chi connectivity index (χ0n) is 11.9. The highest BCUT2D eigenvalue weighted by Gasteiger charge is 2.31. The van der Waals surface area contributed by atoms with Gasteiger partial charge in [0, 0.05) is 37.1 Å². The molecule has 1 unspecified atom stereocenters. The third-order valence-electron chi connectivity index (χ3n) is 3.93. The van der Waals surface area contributed by atoms with Crippen molar-refractivity contribution in [3.05, 3.63) is 16.3 Å². The molecule has 2 heterocycles. The van der Waals surface area contributed by atoms with Crippen LogP contribution in [0.2, 0.25) is 0 Å². The van der Waals surface area contributed by atoms with Gasteiger partial charge in [-0.2, -0.15) is 4.31 Å². The van der Waals surface area contributed by atoms with Crippen molar-refractivity contribution in [2.24, 2.45) is 0 Å². The second kappa shape index (κ2) is 6.75. The summed E-state index contributed by atoms with van der Waals surface area (Å²) in [5, 5.41) is 1.79. The van der Waals surface area contributed by atoms with Crippen molar-refractivity contribution in [2.75, 3.05) is 26.2 Å². The van der Waals surface area contributed by atoms with Crippen LogP contribution in [0.15, 0.2) is 16.3 Å². The zero-order valence-corrected chi connectivity index (χ0v) is 14.3. The zero-order chi connectivity index (χ0) is 14.8. The summed E-state index contributed by atoms with van der Waals surface area (Å²) in [6.45, 7) is 7.07. The monoisotopic (exact) mass is 336 g/mol. The van der Waals surface area contributed by atoms with Crippen LogP contribution in [0.4, 0.5) is 0 Å². The lowest BCUT2D eigenvalue weighted by molar-refractivity contribution is 0.142. The molecule has 20 heavy (non-hydrogen) atoms. The van der Waals surface area contributed by atoms with Gasteiger partial charge in [-0.15, -0.1) is 22.9 Å². The number of alkyl halides is 1. The Bertz CT molecular complexity index is 536. The van der Waals surface area contributed by atoms with Crippen LogP contribution < -0.4 is 0 Å². The standard InChI is InChI=1S/C13H21ClN2O2S2/c1-3-11(2)15-5-7-16(8-6-15)20(17,18)13-4-9-19-12(13)10-14/h4,9,11H,3,5-8,10H2,1-2H3. The third kappa shape index (κ3) is 3.20. The number of thiophene rings is 1. The minimum Gasteiger partial charge on any atom is -0.298 e. The molecule has 0 amide bonds. The fourth-order valence-electron chi connectivity index (χ4n) is 2.44. The van der Waals surface area contributed by atoms with Crippen LogP contribution in [0.1, 0.15) is 25.1 Å². The maximum absolute atomic E-state index is 12.6. The fourth-order valence-corrected chi connectivity index (χ4v) is 5.53. The first kappa shape index (κ1) is 16.2. The van der Waals surface area contributed by atoms with Crippen LogP contribution >= 0.6 is 22.9 Å². The van der Waals surface area contributed by atoms with Crippen molar-refractivity contribution in [3.63, 3.8) is 0 Å². The fraction of sp³-hybridized carbons (Fsp3) is 0.692. The summed E-state index contributed by atoms with van der Waals surface area (Å²) in [6, 6.07) is 2.18. The molecule has 1 saturated heterocycles. The summed E-state index contributed by atoms with van der Waals surface area (Å²) in [6.07, 6.45) is 1.09. The molecule has 0 aromatic carbocycles. The van der Waals surface area contributed by atoms with Crippen LogP contribution in [-0.2, 0) is 15.9 Å².